The number of benzene rings is 1. The van der Waals surface area contributed by atoms with E-state index < -0.39 is 0 Å². The summed E-state index contributed by atoms with van der Waals surface area (Å²) < 4.78 is 0. The van der Waals surface area contributed by atoms with Crippen LogP contribution in [0.1, 0.15) is 43.1 Å². The van der Waals surface area contributed by atoms with Crippen LogP contribution in [0, 0.1) is 12.3 Å². The third-order valence-corrected chi connectivity index (χ3v) is 2.79. The molecule has 94 valence electrons. The number of nitrogens with two attached hydrogens (primary N) is 1. The second kappa shape index (κ2) is 5.21. The van der Waals surface area contributed by atoms with Crippen LogP contribution in [0.2, 0.25) is 0 Å². The van der Waals surface area contributed by atoms with Gasteiger partial charge in [0.1, 0.15) is 0 Å². The Morgan fingerprint density at radius 3 is 2.53 bits per heavy atom. The first kappa shape index (κ1) is 13.6. The van der Waals surface area contributed by atoms with Crippen LogP contribution in [-0.4, -0.2) is 12.5 Å². The molecular weight excluding hydrogens is 212 g/mol. The van der Waals surface area contributed by atoms with E-state index in [2.05, 4.69) is 26.1 Å². The summed E-state index contributed by atoms with van der Waals surface area (Å²) in [6, 6.07) is 5.59. The Hall–Kier alpha value is -1.51. The molecule has 0 fully saturated rings. The number of primary amides is 1. The van der Waals surface area contributed by atoms with E-state index in [1.165, 1.54) is 0 Å². The van der Waals surface area contributed by atoms with Crippen molar-refractivity contribution in [1.29, 1.82) is 0 Å². The lowest BCUT2D eigenvalue weighted by atomic mass is 9.92. The Balaban J connectivity index is 2.72. The highest BCUT2D eigenvalue weighted by Gasteiger charge is 2.11. The lowest BCUT2D eigenvalue weighted by Crippen LogP contribution is -2.16. The molecule has 1 aromatic carbocycles. The van der Waals surface area contributed by atoms with Crippen molar-refractivity contribution in [3.63, 3.8) is 0 Å². The molecule has 17 heavy (non-hydrogen) atoms. The molecule has 0 bridgehead atoms. The first-order valence-electron chi connectivity index (χ1n) is 5.94. The predicted octanol–water partition coefficient (Wildman–Crippen LogP) is 2.94. The molecule has 3 heteroatoms. The van der Waals surface area contributed by atoms with Crippen LogP contribution in [0.15, 0.2) is 18.2 Å². The molecule has 0 heterocycles. The number of hydrogen-bond donors (Lipinski definition) is 2. The van der Waals surface area contributed by atoms with Crippen molar-refractivity contribution < 1.29 is 4.79 Å². The third-order valence-electron chi connectivity index (χ3n) is 2.79. The zero-order valence-corrected chi connectivity index (χ0v) is 11.1. The van der Waals surface area contributed by atoms with E-state index in [0.717, 1.165) is 24.2 Å². The average molecular weight is 234 g/mol. The summed E-state index contributed by atoms with van der Waals surface area (Å²) in [4.78, 5) is 11.2. The molecule has 0 aromatic heterocycles. The summed E-state index contributed by atoms with van der Waals surface area (Å²) in [6.07, 6.45) is 1.08. The maximum Gasteiger partial charge on any atom is 0.249 e. The van der Waals surface area contributed by atoms with Crippen molar-refractivity contribution in [3.8, 4) is 0 Å². The third kappa shape index (κ3) is 4.10. The zero-order chi connectivity index (χ0) is 13.1. The van der Waals surface area contributed by atoms with Crippen molar-refractivity contribution in [2.75, 3.05) is 11.9 Å². The molecule has 0 radical (unpaired) electrons. The number of carbonyl (C=O) groups excluding carboxylic acids is 1. The summed E-state index contributed by atoms with van der Waals surface area (Å²) in [5.74, 6) is -0.373. The number of rotatable bonds is 4. The van der Waals surface area contributed by atoms with E-state index >= 15 is 0 Å². The van der Waals surface area contributed by atoms with E-state index in [-0.39, 0.29) is 5.91 Å². The number of anilines is 1. The fraction of sp³-hybridized carbons (Fsp3) is 0.500. The highest BCUT2D eigenvalue weighted by Crippen LogP contribution is 2.21. The van der Waals surface area contributed by atoms with Crippen LogP contribution in [-0.2, 0) is 0 Å². The SMILES string of the molecule is Cc1c(NCCC(C)(C)C)cccc1C(N)=O. The molecule has 0 aliphatic heterocycles. The van der Waals surface area contributed by atoms with Gasteiger partial charge in [-0.25, -0.2) is 0 Å². The van der Waals surface area contributed by atoms with Crippen LogP contribution in [0.5, 0.6) is 0 Å². The minimum absolute atomic E-state index is 0.308. The van der Waals surface area contributed by atoms with Gasteiger partial charge in [-0.05, 0) is 36.5 Å². The summed E-state index contributed by atoms with van der Waals surface area (Å²) in [7, 11) is 0. The summed E-state index contributed by atoms with van der Waals surface area (Å²) in [6.45, 7) is 9.44. The molecule has 0 atom stereocenters. The largest absolute Gasteiger partial charge is 0.385 e. The lowest BCUT2D eigenvalue weighted by Gasteiger charge is -2.19. The van der Waals surface area contributed by atoms with Gasteiger partial charge in [0, 0.05) is 17.8 Å². The Labute approximate surface area is 103 Å². The topological polar surface area (TPSA) is 55.1 Å². The van der Waals surface area contributed by atoms with Gasteiger partial charge in [0.05, 0.1) is 0 Å². The first-order valence-corrected chi connectivity index (χ1v) is 5.94. The van der Waals surface area contributed by atoms with Gasteiger partial charge in [-0.2, -0.15) is 0 Å². The molecule has 0 aliphatic carbocycles. The summed E-state index contributed by atoms with van der Waals surface area (Å²) in [5, 5.41) is 3.36. The van der Waals surface area contributed by atoms with Crippen LogP contribution in [0.4, 0.5) is 5.69 Å². The van der Waals surface area contributed by atoms with Crippen LogP contribution < -0.4 is 11.1 Å². The first-order chi connectivity index (χ1) is 7.81. The molecule has 3 N–H and O–H groups in total. The van der Waals surface area contributed by atoms with Crippen LogP contribution >= 0.6 is 0 Å². The number of nitrogens with one attached hydrogen (secondary N) is 1. The summed E-state index contributed by atoms with van der Waals surface area (Å²) in [5.41, 5.74) is 8.13. The Morgan fingerprint density at radius 2 is 2.00 bits per heavy atom. The van der Waals surface area contributed by atoms with E-state index in [9.17, 15) is 4.79 Å². The van der Waals surface area contributed by atoms with E-state index in [1.807, 2.05) is 19.1 Å². The molecule has 0 unspecified atom stereocenters. The van der Waals surface area contributed by atoms with E-state index in [0.29, 0.717) is 11.0 Å². The van der Waals surface area contributed by atoms with Gasteiger partial charge >= 0.3 is 0 Å². The van der Waals surface area contributed by atoms with Crippen LogP contribution in [0.3, 0.4) is 0 Å². The standard InChI is InChI=1S/C14H22N2O/c1-10-11(13(15)17)6-5-7-12(10)16-9-8-14(2,3)4/h5-7,16H,8-9H2,1-4H3,(H2,15,17). The quantitative estimate of drug-likeness (QED) is 0.841. The molecule has 0 aliphatic rings. The van der Waals surface area contributed by atoms with Gasteiger partial charge < -0.3 is 11.1 Å². The fourth-order valence-electron chi connectivity index (χ4n) is 1.67. The molecule has 1 aromatic rings. The number of carbonyl (C=O) groups is 1. The van der Waals surface area contributed by atoms with Crippen molar-refractivity contribution in [2.45, 2.75) is 34.1 Å². The van der Waals surface area contributed by atoms with Gasteiger partial charge in [-0.3, -0.25) is 4.79 Å². The Morgan fingerprint density at radius 1 is 1.35 bits per heavy atom. The average Bonchev–Trinajstić information content (AvgIpc) is 2.18. The highest BCUT2D eigenvalue weighted by molar-refractivity contribution is 5.95. The second-order valence-electron chi connectivity index (χ2n) is 5.58. The number of amides is 1. The normalized spacial score (nSPS) is 11.3. The monoisotopic (exact) mass is 234 g/mol. The maximum atomic E-state index is 11.2. The molecule has 1 rings (SSSR count). The molecule has 3 nitrogen and oxygen atoms in total. The van der Waals surface area contributed by atoms with Crippen molar-refractivity contribution in [3.05, 3.63) is 29.3 Å². The highest BCUT2D eigenvalue weighted by atomic mass is 16.1. The minimum atomic E-state index is -0.373. The van der Waals surface area contributed by atoms with Crippen molar-refractivity contribution in [1.82, 2.24) is 0 Å². The zero-order valence-electron chi connectivity index (χ0n) is 11.1. The second-order valence-corrected chi connectivity index (χ2v) is 5.58. The fourth-order valence-corrected chi connectivity index (χ4v) is 1.67. The predicted molar refractivity (Wildman–Crippen MR) is 72.3 cm³/mol. The molecule has 1 amide bonds. The van der Waals surface area contributed by atoms with Gasteiger partial charge in [-0.15, -0.1) is 0 Å². The van der Waals surface area contributed by atoms with Crippen molar-refractivity contribution >= 4 is 11.6 Å². The summed E-state index contributed by atoms with van der Waals surface area (Å²) >= 11 is 0. The van der Waals surface area contributed by atoms with Crippen LogP contribution in [0.25, 0.3) is 0 Å². The smallest absolute Gasteiger partial charge is 0.249 e. The van der Waals surface area contributed by atoms with E-state index in [1.54, 1.807) is 6.07 Å². The van der Waals surface area contributed by atoms with Gasteiger partial charge in [0.2, 0.25) is 5.91 Å². The molecule has 0 saturated heterocycles. The minimum Gasteiger partial charge on any atom is -0.385 e. The molecular formula is C14H22N2O. The van der Waals surface area contributed by atoms with Crippen molar-refractivity contribution in [2.24, 2.45) is 11.1 Å². The van der Waals surface area contributed by atoms with Gasteiger partial charge in [0.15, 0.2) is 0 Å². The van der Waals surface area contributed by atoms with E-state index in [4.69, 9.17) is 5.73 Å². The molecule has 0 spiro atoms. The van der Waals surface area contributed by atoms with Gasteiger partial charge in [0.25, 0.3) is 0 Å². The maximum absolute atomic E-state index is 11.2. The number of hydrogen-bond acceptors (Lipinski definition) is 2. The lowest BCUT2D eigenvalue weighted by molar-refractivity contribution is 0.1000. The Bertz CT molecular complexity index is 405. The molecule has 0 saturated carbocycles. The Kier molecular flexibility index (Phi) is 4.16. The van der Waals surface area contributed by atoms with Gasteiger partial charge in [-0.1, -0.05) is 26.8 Å².